The molecule has 0 saturated carbocycles. The summed E-state index contributed by atoms with van der Waals surface area (Å²) in [4.78, 5) is 36.0. The summed E-state index contributed by atoms with van der Waals surface area (Å²) in [7, 11) is 3.36. The number of nitrogens with zero attached hydrogens (tertiary/aromatic N) is 4. The van der Waals surface area contributed by atoms with Gasteiger partial charge in [-0.2, -0.15) is 0 Å². The van der Waals surface area contributed by atoms with Crippen molar-refractivity contribution in [3.8, 4) is 0 Å². The minimum Gasteiger partial charge on any atom is -0.454 e. The largest absolute Gasteiger partial charge is 0.454 e. The van der Waals surface area contributed by atoms with E-state index in [1.807, 2.05) is 17.5 Å². The number of anilines is 1. The lowest BCUT2D eigenvalue weighted by molar-refractivity contribution is -0.150. The third-order valence-electron chi connectivity index (χ3n) is 3.02. The van der Waals surface area contributed by atoms with Crippen LogP contribution in [0.3, 0.4) is 0 Å². The summed E-state index contributed by atoms with van der Waals surface area (Å²) < 4.78 is 5.01. The van der Waals surface area contributed by atoms with Crippen molar-refractivity contribution in [2.75, 3.05) is 32.1 Å². The molecule has 0 spiro atoms. The Kier molecular flexibility index (Phi) is 6.04. The van der Waals surface area contributed by atoms with Crippen LogP contribution in [0.25, 0.3) is 0 Å². The van der Waals surface area contributed by atoms with Gasteiger partial charge in [0.2, 0.25) is 5.95 Å². The molecule has 2 heterocycles. The number of rotatable bonds is 7. The van der Waals surface area contributed by atoms with E-state index in [0.717, 1.165) is 4.88 Å². The highest BCUT2D eigenvalue weighted by Gasteiger charge is 2.15. The summed E-state index contributed by atoms with van der Waals surface area (Å²) in [5.41, 5.74) is 0. The average molecular weight is 334 g/mol. The molecule has 7 nitrogen and oxygen atoms in total. The Morgan fingerprint density at radius 3 is 2.61 bits per heavy atom. The molecule has 0 aliphatic heterocycles. The quantitative estimate of drug-likeness (QED) is 0.708. The number of thiophene rings is 1. The van der Waals surface area contributed by atoms with Gasteiger partial charge < -0.3 is 14.5 Å². The third kappa shape index (κ3) is 5.33. The Morgan fingerprint density at radius 1 is 1.22 bits per heavy atom. The van der Waals surface area contributed by atoms with Gasteiger partial charge in [-0.1, -0.05) is 6.07 Å². The minimum atomic E-state index is -0.502. The molecule has 0 radical (unpaired) electrons. The maximum Gasteiger partial charge on any atom is 0.326 e. The SMILES string of the molecule is CN(Cc1cccs1)C(=O)COC(=O)CN(C)c1ncccn1. The second kappa shape index (κ2) is 8.23. The zero-order valence-electron chi connectivity index (χ0n) is 13.0. The van der Waals surface area contributed by atoms with Crippen LogP contribution in [-0.4, -0.2) is 54.0 Å². The number of carbonyl (C=O) groups is 2. The van der Waals surface area contributed by atoms with Gasteiger partial charge >= 0.3 is 5.97 Å². The molecule has 0 N–H and O–H groups in total. The number of amides is 1. The number of esters is 1. The standard InChI is InChI=1S/C15H18N4O3S/c1-18(9-12-5-3-8-23-12)13(20)11-22-14(21)10-19(2)15-16-6-4-7-17-15/h3-8H,9-11H2,1-2H3. The van der Waals surface area contributed by atoms with Crippen molar-refractivity contribution in [1.82, 2.24) is 14.9 Å². The number of carbonyl (C=O) groups excluding carboxylic acids is 2. The Balaban J connectivity index is 1.74. The fourth-order valence-electron chi connectivity index (χ4n) is 1.78. The number of aromatic nitrogens is 2. The van der Waals surface area contributed by atoms with E-state index in [-0.39, 0.29) is 19.1 Å². The lowest BCUT2D eigenvalue weighted by Gasteiger charge is -2.18. The van der Waals surface area contributed by atoms with Crippen LogP contribution in [0.5, 0.6) is 0 Å². The summed E-state index contributed by atoms with van der Waals surface area (Å²) in [5.74, 6) is -0.325. The highest BCUT2D eigenvalue weighted by Crippen LogP contribution is 2.10. The molecule has 0 aliphatic rings. The van der Waals surface area contributed by atoms with E-state index in [1.165, 1.54) is 4.90 Å². The highest BCUT2D eigenvalue weighted by molar-refractivity contribution is 7.09. The van der Waals surface area contributed by atoms with Crippen LogP contribution in [0.4, 0.5) is 5.95 Å². The molecule has 2 aromatic heterocycles. The van der Waals surface area contributed by atoms with Gasteiger partial charge in [0.05, 0.1) is 6.54 Å². The average Bonchev–Trinajstić information content (AvgIpc) is 3.06. The van der Waals surface area contributed by atoms with E-state index in [1.54, 1.807) is 48.8 Å². The molecular formula is C15H18N4O3S. The lowest BCUT2D eigenvalue weighted by Crippen LogP contribution is -2.33. The first-order valence-electron chi connectivity index (χ1n) is 6.96. The minimum absolute atomic E-state index is 0.0219. The molecule has 2 rings (SSSR count). The van der Waals surface area contributed by atoms with E-state index in [0.29, 0.717) is 12.5 Å². The molecule has 0 unspecified atom stereocenters. The smallest absolute Gasteiger partial charge is 0.326 e. The van der Waals surface area contributed by atoms with Crippen molar-refractivity contribution >= 4 is 29.2 Å². The second-order valence-electron chi connectivity index (χ2n) is 4.89. The number of likely N-dealkylation sites (N-methyl/N-ethyl adjacent to an activating group) is 2. The number of ether oxygens (including phenoxy) is 1. The van der Waals surface area contributed by atoms with E-state index in [9.17, 15) is 9.59 Å². The first kappa shape index (κ1) is 16.9. The maximum atomic E-state index is 11.9. The Morgan fingerprint density at radius 2 is 1.96 bits per heavy atom. The highest BCUT2D eigenvalue weighted by atomic mass is 32.1. The Hall–Kier alpha value is -2.48. The van der Waals surface area contributed by atoms with Crippen LogP contribution >= 0.6 is 11.3 Å². The summed E-state index contributed by atoms with van der Waals surface area (Å²) >= 11 is 1.58. The second-order valence-corrected chi connectivity index (χ2v) is 5.93. The van der Waals surface area contributed by atoms with Gasteiger partial charge in [-0.05, 0) is 17.5 Å². The fourth-order valence-corrected chi connectivity index (χ4v) is 2.53. The predicted molar refractivity (Wildman–Crippen MR) is 87.1 cm³/mol. The van der Waals surface area contributed by atoms with Crippen molar-refractivity contribution in [2.24, 2.45) is 0 Å². The van der Waals surface area contributed by atoms with Crippen molar-refractivity contribution in [3.63, 3.8) is 0 Å². The topological polar surface area (TPSA) is 75.6 Å². The number of hydrogen-bond acceptors (Lipinski definition) is 7. The molecule has 122 valence electrons. The predicted octanol–water partition coefficient (Wildman–Crippen LogP) is 1.18. The first-order valence-corrected chi connectivity index (χ1v) is 7.84. The monoisotopic (exact) mass is 334 g/mol. The molecule has 2 aromatic rings. The molecule has 8 heteroatoms. The third-order valence-corrected chi connectivity index (χ3v) is 3.88. The van der Waals surface area contributed by atoms with Gasteiger partial charge in [-0.15, -0.1) is 11.3 Å². The molecule has 0 fully saturated rings. The Labute approximate surface area is 138 Å². The van der Waals surface area contributed by atoms with Crippen molar-refractivity contribution in [2.45, 2.75) is 6.54 Å². The van der Waals surface area contributed by atoms with Gasteiger partial charge in [0.25, 0.3) is 5.91 Å². The van der Waals surface area contributed by atoms with Gasteiger partial charge in [0, 0.05) is 31.4 Å². The van der Waals surface area contributed by atoms with Crippen LogP contribution in [0.2, 0.25) is 0 Å². The zero-order chi connectivity index (χ0) is 16.7. The van der Waals surface area contributed by atoms with Crippen LogP contribution in [0.15, 0.2) is 36.0 Å². The van der Waals surface area contributed by atoms with Gasteiger partial charge in [0.1, 0.15) is 6.54 Å². The van der Waals surface area contributed by atoms with Crippen LogP contribution < -0.4 is 4.90 Å². The summed E-state index contributed by atoms with van der Waals surface area (Å²) in [6.45, 7) is 0.210. The molecule has 1 amide bonds. The van der Waals surface area contributed by atoms with Gasteiger partial charge in [-0.25, -0.2) is 9.97 Å². The molecule has 0 bridgehead atoms. The van der Waals surface area contributed by atoms with Crippen LogP contribution in [-0.2, 0) is 20.9 Å². The summed E-state index contributed by atoms with van der Waals surface area (Å²) in [6.07, 6.45) is 3.18. The summed E-state index contributed by atoms with van der Waals surface area (Å²) in [5, 5.41) is 1.95. The van der Waals surface area contributed by atoms with Gasteiger partial charge in [0.15, 0.2) is 6.61 Å². The maximum absolute atomic E-state index is 11.9. The lowest BCUT2D eigenvalue weighted by atomic mass is 10.4. The molecule has 0 aliphatic carbocycles. The van der Waals surface area contributed by atoms with Gasteiger partial charge in [-0.3, -0.25) is 9.59 Å². The van der Waals surface area contributed by atoms with E-state index >= 15 is 0 Å². The molecule has 23 heavy (non-hydrogen) atoms. The fraction of sp³-hybridized carbons (Fsp3) is 0.333. The van der Waals surface area contributed by atoms with Crippen LogP contribution in [0.1, 0.15) is 4.88 Å². The molecular weight excluding hydrogens is 316 g/mol. The van der Waals surface area contributed by atoms with E-state index in [4.69, 9.17) is 4.74 Å². The number of hydrogen-bond donors (Lipinski definition) is 0. The first-order chi connectivity index (χ1) is 11.1. The Bertz CT molecular complexity index is 633. The van der Waals surface area contributed by atoms with Crippen molar-refractivity contribution < 1.29 is 14.3 Å². The van der Waals surface area contributed by atoms with E-state index in [2.05, 4.69) is 9.97 Å². The normalized spacial score (nSPS) is 10.2. The molecule has 0 aromatic carbocycles. The van der Waals surface area contributed by atoms with E-state index < -0.39 is 5.97 Å². The summed E-state index contributed by atoms with van der Waals surface area (Å²) in [6, 6.07) is 5.58. The zero-order valence-corrected chi connectivity index (χ0v) is 13.8. The van der Waals surface area contributed by atoms with Crippen LogP contribution in [0, 0.1) is 0 Å². The molecule has 0 atom stereocenters. The molecule has 0 saturated heterocycles. The van der Waals surface area contributed by atoms with Crippen molar-refractivity contribution in [3.05, 3.63) is 40.8 Å². The van der Waals surface area contributed by atoms with Crippen molar-refractivity contribution in [1.29, 1.82) is 0 Å².